The van der Waals surface area contributed by atoms with Crippen LogP contribution < -0.4 is 5.73 Å². The maximum Gasteiger partial charge on any atom is 0.254 e. The molecule has 3 rings (SSSR count). The minimum absolute atomic E-state index is 0.151. The number of likely N-dealkylation sites (tertiary alicyclic amines) is 1. The molecule has 0 bridgehead atoms. The highest BCUT2D eigenvalue weighted by Gasteiger charge is 2.28. The standard InChI is InChI=1S/C20H21FN2O3/c21-18-12-16(24)7-8-17(18)13-4-3-5-14(10-13)20(26)23-9-2-1-6-15(23)11-19(22)25/h3-5,7-8,10,12,15,24H,1-2,6,9,11H2,(H2,22,25)/t15-/m1/s1. The van der Waals surface area contributed by atoms with Gasteiger partial charge in [0.25, 0.3) is 5.91 Å². The van der Waals surface area contributed by atoms with Crippen molar-refractivity contribution in [2.75, 3.05) is 6.54 Å². The van der Waals surface area contributed by atoms with E-state index in [-0.39, 0.29) is 24.1 Å². The highest BCUT2D eigenvalue weighted by atomic mass is 19.1. The zero-order valence-electron chi connectivity index (χ0n) is 14.3. The number of benzene rings is 2. The Kier molecular flexibility index (Phi) is 5.21. The van der Waals surface area contributed by atoms with Crippen LogP contribution in [0.15, 0.2) is 42.5 Å². The molecule has 3 N–H and O–H groups in total. The number of halogens is 1. The summed E-state index contributed by atoms with van der Waals surface area (Å²) in [6.45, 7) is 0.578. The van der Waals surface area contributed by atoms with E-state index in [1.807, 2.05) is 0 Å². The zero-order valence-corrected chi connectivity index (χ0v) is 14.3. The van der Waals surface area contributed by atoms with Gasteiger partial charge in [-0.3, -0.25) is 9.59 Å². The molecule has 0 unspecified atom stereocenters. The average molecular weight is 356 g/mol. The quantitative estimate of drug-likeness (QED) is 0.883. The molecule has 2 amide bonds. The molecule has 6 heteroatoms. The predicted octanol–water partition coefficient (Wildman–Crippen LogP) is 3.07. The van der Waals surface area contributed by atoms with Crippen LogP contribution >= 0.6 is 0 Å². The number of aromatic hydroxyl groups is 1. The fraction of sp³-hybridized carbons (Fsp3) is 0.300. The van der Waals surface area contributed by atoms with Crippen molar-refractivity contribution >= 4 is 11.8 Å². The minimum atomic E-state index is -0.556. The molecular weight excluding hydrogens is 335 g/mol. The van der Waals surface area contributed by atoms with E-state index >= 15 is 0 Å². The van der Waals surface area contributed by atoms with Crippen molar-refractivity contribution in [3.63, 3.8) is 0 Å². The van der Waals surface area contributed by atoms with E-state index < -0.39 is 11.7 Å². The number of hydrogen-bond acceptors (Lipinski definition) is 3. The van der Waals surface area contributed by atoms with E-state index in [0.717, 1.165) is 25.3 Å². The lowest BCUT2D eigenvalue weighted by molar-refractivity contribution is -0.119. The Morgan fingerprint density at radius 3 is 2.73 bits per heavy atom. The number of carbonyl (C=O) groups is 2. The Hall–Kier alpha value is -2.89. The summed E-state index contributed by atoms with van der Waals surface area (Å²) in [6.07, 6.45) is 2.74. The van der Waals surface area contributed by atoms with E-state index in [4.69, 9.17) is 5.73 Å². The number of nitrogens with zero attached hydrogens (tertiary/aromatic N) is 1. The van der Waals surface area contributed by atoms with E-state index in [1.165, 1.54) is 12.1 Å². The summed E-state index contributed by atoms with van der Waals surface area (Å²) in [5.74, 6) is -1.31. The summed E-state index contributed by atoms with van der Waals surface area (Å²) in [5.41, 5.74) is 6.61. The van der Waals surface area contributed by atoms with Crippen LogP contribution in [0, 0.1) is 5.82 Å². The Morgan fingerprint density at radius 2 is 2.00 bits per heavy atom. The Labute approximate surface area is 151 Å². The molecule has 1 saturated heterocycles. The van der Waals surface area contributed by atoms with Gasteiger partial charge in [-0.2, -0.15) is 0 Å². The first kappa shape index (κ1) is 17.9. The van der Waals surface area contributed by atoms with Crippen LogP contribution in [0.3, 0.4) is 0 Å². The molecule has 1 aliphatic heterocycles. The molecule has 0 aliphatic carbocycles. The summed E-state index contributed by atoms with van der Waals surface area (Å²) in [6, 6.07) is 10.4. The smallest absolute Gasteiger partial charge is 0.254 e. The van der Waals surface area contributed by atoms with Crippen molar-refractivity contribution < 1.29 is 19.1 Å². The third-order valence-corrected chi connectivity index (χ3v) is 4.70. The Morgan fingerprint density at radius 1 is 1.19 bits per heavy atom. The molecule has 2 aromatic rings. The lowest BCUT2D eigenvalue weighted by Crippen LogP contribution is -2.45. The molecule has 0 aromatic heterocycles. The molecular formula is C20H21FN2O3. The predicted molar refractivity (Wildman–Crippen MR) is 96.0 cm³/mol. The first-order valence-electron chi connectivity index (χ1n) is 8.64. The topological polar surface area (TPSA) is 83.6 Å². The van der Waals surface area contributed by atoms with Gasteiger partial charge in [0.15, 0.2) is 0 Å². The Balaban J connectivity index is 1.89. The van der Waals surface area contributed by atoms with Crippen LogP contribution in [0.5, 0.6) is 5.75 Å². The molecule has 1 heterocycles. The summed E-state index contributed by atoms with van der Waals surface area (Å²) in [5, 5.41) is 9.36. The van der Waals surface area contributed by atoms with E-state index in [2.05, 4.69) is 0 Å². The molecule has 0 spiro atoms. The van der Waals surface area contributed by atoms with Crippen LogP contribution in [0.25, 0.3) is 11.1 Å². The van der Waals surface area contributed by atoms with Crippen LogP contribution in [-0.2, 0) is 4.79 Å². The van der Waals surface area contributed by atoms with E-state index in [0.29, 0.717) is 23.2 Å². The third kappa shape index (κ3) is 3.85. The molecule has 5 nitrogen and oxygen atoms in total. The molecule has 0 saturated carbocycles. The normalized spacial score (nSPS) is 17.1. The van der Waals surface area contributed by atoms with Crippen LogP contribution in [-0.4, -0.2) is 34.4 Å². The summed E-state index contributed by atoms with van der Waals surface area (Å²) in [7, 11) is 0. The van der Waals surface area contributed by atoms with Crippen molar-refractivity contribution in [1.82, 2.24) is 4.90 Å². The minimum Gasteiger partial charge on any atom is -0.508 e. The molecule has 1 aliphatic rings. The second-order valence-corrected chi connectivity index (χ2v) is 6.56. The number of rotatable bonds is 4. The third-order valence-electron chi connectivity index (χ3n) is 4.70. The molecule has 2 aromatic carbocycles. The van der Waals surface area contributed by atoms with Gasteiger partial charge in [-0.05, 0) is 49.1 Å². The number of hydrogen-bond donors (Lipinski definition) is 2. The molecule has 0 radical (unpaired) electrons. The first-order valence-corrected chi connectivity index (χ1v) is 8.64. The van der Waals surface area contributed by atoms with Gasteiger partial charge in [0.2, 0.25) is 5.91 Å². The first-order chi connectivity index (χ1) is 12.5. The van der Waals surface area contributed by atoms with Gasteiger partial charge in [0.05, 0.1) is 0 Å². The number of primary amides is 1. The van der Waals surface area contributed by atoms with Crippen LogP contribution in [0.2, 0.25) is 0 Å². The van der Waals surface area contributed by atoms with E-state index in [1.54, 1.807) is 29.2 Å². The monoisotopic (exact) mass is 356 g/mol. The largest absolute Gasteiger partial charge is 0.508 e. The average Bonchev–Trinajstić information content (AvgIpc) is 2.61. The summed E-state index contributed by atoms with van der Waals surface area (Å²) >= 11 is 0. The van der Waals surface area contributed by atoms with Crippen molar-refractivity contribution in [3.05, 3.63) is 53.8 Å². The van der Waals surface area contributed by atoms with Crippen molar-refractivity contribution in [1.29, 1.82) is 0 Å². The van der Waals surface area contributed by atoms with Gasteiger partial charge >= 0.3 is 0 Å². The number of piperidine rings is 1. The molecule has 1 fully saturated rings. The van der Waals surface area contributed by atoms with Gasteiger partial charge in [-0.1, -0.05) is 12.1 Å². The lowest BCUT2D eigenvalue weighted by Gasteiger charge is -2.35. The maximum atomic E-state index is 14.1. The second-order valence-electron chi connectivity index (χ2n) is 6.56. The van der Waals surface area contributed by atoms with Gasteiger partial charge in [-0.25, -0.2) is 4.39 Å². The fourth-order valence-electron chi connectivity index (χ4n) is 3.44. The number of phenolic OH excluding ortho intramolecular Hbond substituents is 1. The zero-order chi connectivity index (χ0) is 18.7. The maximum absolute atomic E-state index is 14.1. The highest BCUT2D eigenvalue weighted by Crippen LogP contribution is 2.28. The number of phenols is 1. The Bertz CT molecular complexity index is 838. The molecule has 136 valence electrons. The van der Waals surface area contributed by atoms with Gasteiger partial charge in [0.1, 0.15) is 11.6 Å². The summed E-state index contributed by atoms with van der Waals surface area (Å²) < 4.78 is 14.1. The summed E-state index contributed by atoms with van der Waals surface area (Å²) in [4.78, 5) is 25.9. The van der Waals surface area contributed by atoms with Crippen LogP contribution in [0.1, 0.15) is 36.0 Å². The van der Waals surface area contributed by atoms with Gasteiger partial charge in [0, 0.05) is 36.2 Å². The van der Waals surface area contributed by atoms with Crippen molar-refractivity contribution in [2.24, 2.45) is 5.73 Å². The number of nitrogens with two attached hydrogens (primary N) is 1. The van der Waals surface area contributed by atoms with E-state index in [9.17, 15) is 19.1 Å². The van der Waals surface area contributed by atoms with Crippen LogP contribution in [0.4, 0.5) is 4.39 Å². The van der Waals surface area contributed by atoms with Crippen molar-refractivity contribution in [2.45, 2.75) is 31.7 Å². The lowest BCUT2D eigenvalue weighted by atomic mass is 9.97. The number of carbonyl (C=O) groups excluding carboxylic acids is 2. The second kappa shape index (κ2) is 7.56. The highest BCUT2D eigenvalue weighted by molar-refractivity contribution is 5.96. The van der Waals surface area contributed by atoms with Gasteiger partial charge in [-0.15, -0.1) is 0 Å². The SMILES string of the molecule is NC(=O)C[C@H]1CCCCN1C(=O)c1cccc(-c2ccc(O)cc2F)c1. The molecule has 1 atom stereocenters. The fourth-order valence-corrected chi connectivity index (χ4v) is 3.44. The molecule has 26 heavy (non-hydrogen) atoms. The number of amides is 2. The van der Waals surface area contributed by atoms with Crippen molar-refractivity contribution in [3.8, 4) is 16.9 Å². The van der Waals surface area contributed by atoms with Gasteiger partial charge < -0.3 is 15.7 Å².